The van der Waals surface area contributed by atoms with Crippen LogP contribution >= 0.6 is 21.6 Å². The number of nitrogens with zero attached hydrogens (tertiary/aromatic N) is 3. The summed E-state index contributed by atoms with van der Waals surface area (Å²) < 4.78 is 1.71. The molecule has 0 bridgehead atoms. The fourth-order valence-electron chi connectivity index (χ4n) is 2.21. The highest BCUT2D eigenvalue weighted by Crippen LogP contribution is 2.21. The Hall–Kier alpha value is -1.74. The Balaban J connectivity index is 1.88. The molecule has 2 rings (SSSR count). The summed E-state index contributed by atoms with van der Waals surface area (Å²) in [6.07, 6.45) is 0.152. The van der Waals surface area contributed by atoms with Gasteiger partial charge in [0, 0.05) is 30.5 Å². The molecule has 0 radical (unpaired) electrons. The van der Waals surface area contributed by atoms with E-state index in [9.17, 15) is 9.59 Å². The first-order chi connectivity index (χ1) is 11.4. The summed E-state index contributed by atoms with van der Waals surface area (Å²) in [4.78, 5) is 27.2. The molecule has 9 heteroatoms. The zero-order valence-corrected chi connectivity index (χ0v) is 15.5. The molecule has 0 spiro atoms. The van der Waals surface area contributed by atoms with E-state index in [1.165, 1.54) is 10.8 Å². The lowest BCUT2D eigenvalue weighted by Crippen LogP contribution is -2.26. The Morgan fingerprint density at radius 3 is 2.67 bits per heavy atom. The van der Waals surface area contributed by atoms with Crippen molar-refractivity contribution in [2.75, 3.05) is 18.1 Å². The number of hydrogen-bond donors (Lipinski definition) is 2. The summed E-state index contributed by atoms with van der Waals surface area (Å²) in [7, 11) is 4.89. The average Bonchev–Trinajstić information content (AvgIpc) is 2.79. The number of carbonyl (C=O) groups is 2. The van der Waals surface area contributed by atoms with E-state index in [0.717, 1.165) is 22.5 Å². The second-order valence-electron chi connectivity index (χ2n) is 5.25. The molecule has 0 fully saturated rings. The van der Waals surface area contributed by atoms with Gasteiger partial charge in [0.1, 0.15) is 0 Å². The molecule has 2 aromatic heterocycles. The van der Waals surface area contributed by atoms with Gasteiger partial charge in [0.05, 0.1) is 23.4 Å². The first-order valence-electron chi connectivity index (χ1n) is 7.45. The third-order valence-corrected chi connectivity index (χ3v) is 5.80. The van der Waals surface area contributed by atoms with Gasteiger partial charge in [0.2, 0.25) is 0 Å². The highest BCUT2D eigenvalue weighted by Gasteiger charge is 2.15. The number of aliphatic carboxylic acids is 1. The summed E-state index contributed by atoms with van der Waals surface area (Å²) in [5.41, 5.74) is 2.85. The second kappa shape index (κ2) is 8.39. The van der Waals surface area contributed by atoms with Crippen LogP contribution in [0, 0.1) is 13.8 Å². The molecule has 0 saturated carbocycles. The molecule has 130 valence electrons. The molecular weight excluding hydrogens is 348 g/mol. The zero-order chi connectivity index (χ0) is 17.7. The number of aryl methyl sites for hydroxylation is 3. The lowest BCUT2D eigenvalue weighted by Gasteiger charge is -2.07. The molecule has 0 aliphatic carbocycles. The van der Waals surface area contributed by atoms with Crippen LogP contribution in [0.15, 0.2) is 6.07 Å². The van der Waals surface area contributed by atoms with Gasteiger partial charge in [-0.25, -0.2) is 4.98 Å². The minimum atomic E-state index is -0.791. The van der Waals surface area contributed by atoms with E-state index in [1.807, 2.05) is 27.0 Å². The Morgan fingerprint density at radius 2 is 1.96 bits per heavy atom. The third kappa shape index (κ3) is 4.64. The molecule has 2 heterocycles. The van der Waals surface area contributed by atoms with E-state index in [-0.39, 0.29) is 12.3 Å². The largest absolute Gasteiger partial charge is 0.481 e. The summed E-state index contributed by atoms with van der Waals surface area (Å²) in [6.45, 7) is 4.23. The lowest BCUT2D eigenvalue weighted by molar-refractivity contribution is -0.136. The van der Waals surface area contributed by atoms with Crippen molar-refractivity contribution in [1.82, 2.24) is 20.1 Å². The highest BCUT2D eigenvalue weighted by molar-refractivity contribution is 8.76. The van der Waals surface area contributed by atoms with Crippen LogP contribution < -0.4 is 5.32 Å². The number of pyridine rings is 1. The van der Waals surface area contributed by atoms with Crippen LogP contribution in [0.1, 0.15) is 28.2 Å². The fraction of sp³-hybridized carbons (Fsp3) is 0.467. The van der Waals surface area contributed by atoms with Crippen LogP contribution in [0.3, 0.4) is 0 Å². The number of carboxylic acids is 1. The lowest BCUT2D eigenvalue weighted by atomic mass is 10.1. The predicted octanol–water partition coefficient (Wildman–Crippen LogP) is 2.17. The number of aromatic nitrogens is 3. The minimum Gasteiger partial charge on any atom is -0.481 e. The smallest absolute Gasteiger partial charge is 0.304 e. The van der Waals surface area contributed by atoms with Gasteiger partial charge in [0.15, 0.2) is 5.65 Å². The minimum absolute atomic E-state index is 0.152. The molecule has 0 aliphatic heterocycles. The van der Waals surface area contributed by atoms with E-state index < -0.39 is 5.97 Å². The monoisotopic (exact) mass is 368 g/mol. The number of carbonyl (C=O) groups excluding carboxylic acids is 1. The Labute approximate surface area is 148 Å². The third-order valence-electron chi connectivity index (χ3n) is 3.39. The normalized spacial score (nSPS) is 11.0. The highest BCUT2D eigenvalue weighted by atomic mass is 33.1. The molecule has 0 saturated heterocycles. The van der Waals surface area contributed by atoms with Gasteiger partial charge in [-0.15, -0.1) is 0 Å². The van der Waals surface area contributed by atoms with Gasteiger partial charge in [-0.1, -0.05) is 21.6 Å². The van der Waals surface area contributed by atoms with Gasteiger partial charge in [-0.05, 0) is 19.9 Å². The SMILES string of the molecule is Cc1nc2c(cc1C(=O)NCCSSCCC(=O)O)c(C)nn2C. The molecule has 1 amide bonds. The Bertz CT molecular complexity index is 761. The van der Waals surface area contributed by atoms with Crippen LogP contribution in [-0.2, 0) is 11.8 Å². The topological polar surface area (TPSA) is 97.1 Å². The fourth-order valence-corrected chi connectivity index (χ4v) is 4.10. The van der Waals surface area contributed by atoms with Crippen molar-refractivity contribution in [3.63, 3.8) is 0 Å². The summed E-state index contributed by atoms with van der Waals surface area (Å²) in [5, 5.41) is 16.6. The number of rotatable bonds is 8. The van der Waals surface area contributed by atoms with Crippen molar-refractivity contribution >= 4 is 44.5 Å². The molecule has 0 unspecified atom stereocenters. The van der Waals surface area contributed by atoms with Gasteiger partial charge >= 0.3 is 5.97 Å². The van der Waals surface area contributed by atoms with Crippen molar-refractivity contribution in [3.05, 3.63) is 23.0 Å². The van der Waals surface area contributed by atoms with Gasteiger partial charge in [-0.3, -0.25) is 14.3 Å². The van der Waals surface area contributed by atoms with E-state index in [0.29, 0.717) is 23.6 Å². The molecule has 0 aliphatic rings. The van der Waals surface area contributed by atoms with Crippen LogP contribution in [0.25, 0.3) is 11.0 Å². The second-order valence-corrected chi connectivity index (χ2v) is 7.95. The van der Waals surface area contributed by atoms with Crippen molar-refractivity contribution in [1.29, 1.82) is 0 Å². The van der Waals surface area contributed by atoms with E-state index >= 15 is 0 Å². The molecule has 2 aromatic rings. The number of amides is 1. The zero-order valence-electron chi connectivity index (χ0n) is 13.8. The van der Waals surface area contributed by atoms with Crippen molar-refractivity contribution in [2.45, 2.75) is 20.3 Å². The maximum Gasteiger partial charge on any atom is 0.304 e. The van der Waals surface area contributed by atoms with Crippen molar-refractivity contribution in [2.24, 2.45) is 7.05 Å². The molecule has 2 N–H and O–H groups in total. The van der Waals surface area contributed by atoms with Gasteiger partial charge < -0.3 is 10.4 Å². The standard InChI is InChI=1S/C15H20N4O3S2/c1-9-12(8-11-10(2)18-19(3)14(11)17-9)15(22)16-5-7-24-23-6-4-13(20)21/h8H,4-7H2,1-3H3,(H,16,22)(H,20,21). The van der Waals surface area contributed by atoms with Crippen molar-refractivity contribution in [3.8, 4) is 0 Å². The maximum absolute atomic E-state index is 12.3. The van der Waals surface area contributed by atoms with E-state index in [4.69, 9.17) is 5.11 Å². The number of carboxylic acid groups (broad SMARTS) is 1. The van der Waals surface area contributed by atoms with E-state index in [1.54, 1.807) is 15.5 Å². The van der Waals surface area contributed by atoms with Crippen LogP contribution in [0.2, 0.25) is 0 Å². The first kappa shape index (κ1) is 18.6. The summed E-state index contributed by atoms with van der Waals surface area (Å²) >= 11 is 0. The molecule has 0 aromatic carbocycles. The summed E-state index contributed by atoms with van der Waals surface area (Å²) in [5.74, 6) is 0.340. The number of nitrogens with one attached hydrogen (secondary N) is 1. The first-order valence-corrected chi connectivity index (χ1v) is 9.94. The number of hydrogen-bond acceptors (Lipinski definition) is 6. The van der Waals surface area contributed by atoms with Gasteiger partial charge in [0.25, 0.3) is 5.91 Å². The number of fused-ring (bicyclic) bond motifs is 1. The van der Waals surface area contributed by atoms with E-state index in [2.05, 4.69) is 15.4 Å². The van der Waals surface area contributed by atoms with Crippen LogP contribution in [-0.4, -0.2) is 49.8 Å². The maximum atomic E-state index is 12.3. The summed E-state index contributed by atoms with van der Waals surface area (Å²) in [6, 6.07) is 1.84. The Morgan fingerprint density at radius 1 is 1.25 bits per heavy atom. The average molecular weight is 368 g/mol. The predicted molar refractivity (Wildman–Crippen MR) is 97.5 cm³/mol. The molecular formula is C15H20N4O3S2. The van der Waals surface area contributed by atoms with Crippen LogP contribution in [0.5, 0.6) is 0 Å². The molecule has 24 heavy (non-hydrogen) atoms. The van der Waals surface area contributed by atoms with Crippen molar-refractivity contribution < 1.29 is 14.7 Å². The van der Waals surface area contributed by atoms with Crippen LogP contribution in [0.4, 0.5) is 0 Å². The molecule has 7 nitrogen and oxygen atoms in total. The molecule has 0 atom stereocenters. The Kier molecular flexibility index (Phi) is 6.50. The van der Waals surface area contributed by atoms with Gasteiger partial charge in [-0.2, -0.15) is 5.10 Å². The quantitative estimate of drug-likeness (QED) is 0.544.